The van der Waals surface area contributed by atoms with Crippen LogP contribution in [0.25, 0.3) is 33.4 Å². The number of benzene rings is 4. The predicted octanol–water partition coefficient (Wildman–Crippen LogP) is 6.90. The molecule has 0 aliphatic carbocycles. The second-order valence-electron chi connectivity index (χ2n) is 6.95. The summed E-state index contributed by atoms with van der Waals surface area (Å²) in [5.41, 5.74) is 12.0. The van der Waals surface area contributed by atoms with E-state index in [-0.39, 0.29) is 0 Å². The van der Waals surface area contributed by atoms with Gasteiger partial charge >= 0.3 is 0 Å². The molecule has 0 fully saturated rings. The van der Waals surface area contributed by atoms with Gasteiger partial charge in [-0.15, -0.1) is 4.99 Å². The van der Waals surface area contributed by atoms with Gasteiger partial charge in [0.1, 0.15) is 0 Å². The van der Waals surface area contributed by atoms with Crippen molar-refractivity contribution in [1.82, 2.24) is 0 Å². The zero-order valence-corrected chi connectivity index (χ0v) is 16.6. The van der Waals surface area contributed by atoms with Gasteiger partial charge in [-0.25, -0.2) is 10.4 Å². The highest BCUT2D eigenvalue weighted by molar-refractivity contribution is 5.73. The fraction of sp³-hybridized carbons (Fsp3) is 0.0769. The maximum absolute atomic E-state index is 4.72. The molecule has 0 amide bonds. The fourth-order valence-corrected chi connectivity index (χ4v) is 3.28. The molecule has 4 aromatic rings. The summed E-state index contributed by atoms with van der Waals surface area (Å²) in [7, 11) is 1.46. The maximum Gasteiger partial charge on any atom is 0.0738 e. The van der Waals surface area contributed by atoms with Crippen molar-refractivity contribution in [2.75, 3.05) is 12.6 Å². The van der Waals surface area contributed by atoms with Crippen molar-refractivity contribution >= 4 is 5.69 Å². The normalized spacial score (nSPS) is 10.7. The molecular weight excluding hydrogens is 358 g/mol. The van der Waals surface area contributed by atoms with E-state index in [1.807, 2.05) is 24.3 Å². The Morgan fingerprint density at radius 3 is 1.14 bits per heavy atom. The van der Waals surface area contributed by atoms with E-state index in [4.69, 9.17) is 4.99 Å². The van der Waals surface area contributed by atoms with E-state index in [2.05, 4.69) is 90.1 Å². The molecule has 0 heterocycles. The summed E-state index contributed by atoms with van der Waals surface area (Å²) in [6.45, 7) is 2.11. The van der Waals surface area contributed by atoms with E-state index < -0.39 is 0 Å². The second-order valence-corrected chi connectivity index (χ2v) is 6.95. The summed E-state index contributed by atoms with van der Waals surface area (Å²) in [5.74, 6) is 0. The first kappa shape index (κ1) is 18.9. The highest BCUT2D eigenvalue weighted by atomic mass is 17.3. The van der Waals surface area contributed by atoms with Crippen LogP contribution in [0, 0.1) is 6.92 Å². The minimum atomic E-state index is 0.834. The molecule has 3 nitrogen and oxygen atoms in total. The van der Waals surface area contributed by atoms with Crippen molar-refractivity contribution in [2.45, 2.75) is 6.92 Å². The molecule has 1 N–H and O–H groups in total. The fourth-order valence-electron chi connectivity index (χ4n) is 3.28. The smallest absolute Gasteiger partial charge is 0.0738 e. The van der Waals surface area contributed by atoms with Crippen LogP contribution in [0.4, 0.5) is 5.69 Å². The Morgan fingerprint density at radius 1 is 0.483 bits per heavy atom. The van der Waals surface area contributed by atoms with E-state index in [0.717, 1.165) is 11.3 Å². The van der Waals surface area contributed by atoms with E-state index in [0.29, 0.717) is 0 Å². The lowest BCUT2D eigenvalue weighted by atomic mass is 9.98. The Labute approximate surface area is 171 Å². The average Bonchev–Trinajstić information content (AvgIpc) is 2.79. The molecule has 0 atom stereocenters. The van der Waals surface area contributed by atoms with Gasteiger partial charge in [0.2, 0.25) is 0 Å². The summed E-state index contributed by atoms with van der Waals surface area (Å²) < 4.78 is 0. The van der Waals surface area contributed by atoms with Gasteiger partial charge in [0.15, 0.2) is 0 Å². The Morgan fingerprint density at radius 2 is 0.793 bits per heavy atom. The van der Waals surface area contributed by atoms with Crippen molar-refractivity contribution < 1.29 is 9.88 Å². The zero-order valence-electron chi connectivity index (χ0n) is 16.6. The van der Waals surface area contributed by atoms with Crippen LogP contribution < -0.4 is 5.48 Å². The summed E-state index contributed by atoms with van der Waals surface area (Å²) in [5, 5.41) is 0. The number of rotatable bonds is 6. The summed E-state index contributed by atoms with van der Waals surface area (Å²) >= 11 is 0. The molecule has 0 radical (unpaired) electrons. The van der Waals surface area contributed by atoms with Crippen molar-refractivity contribution in [3.05, 3.63) is 103 Å². The average molecular weight is 381 g/mol. The third-order valence-corrected chi connectivity index (χ3v) is 4.95. The van der Waals surface area contributed by atoms with Crippen molar-refractivity contribution in [3.8, 4) is 33.4 Å². The standard InChI is InChI=1S/C26H23NO2/c1-19-3-5-20(6-4-19)21-7-9-22(10-8-21)23-11-13-24(14-12-23)25-15-17-26(18-16-25)27-29-28-2/h3-18,27H,1-2H3. The quantitative estimate of drug-likeness (QED) is 0.291. The largest absolute Gasteiger partial charge is 0.235 e. The number of hydrogen-bond donors (Lipinski definition) is 1. The van der Waals surface area contributed by atoms with Gasteiger partial charge in [0.05, 0.1) is 12.8 Å². The molecule has 4 rings (SSSR count). The molecule has 0 bridgehead atoms. The summed E-state index contributed by atoms with van der Waals surface area (Å²) in [6, 6.07) is 34.0. The first-order chi connectivity index (χ1) is 14.2. The van der Waals surface area contributed by atoms with Crippen LogP contribution >= 0.6 is 0 Å². The topological polar surface area (TPSA) is 30.5 Å². The van der Waals surface area contributed by atoms with E-state index in [1.165, 1.54) is 40.5 Å². The Bertz CT molecular complexity index is 1050. The maximum atomic E-state index is 4.72. The molecule has 0 aromatic heterocycles. The van der Waals surface area contributed by atoms with Crippen LogP contribution in [0.2, 0.25) is 0 Å². The third-order valence-electron chi connectivity index (χ3n) is 4.95. The third kappa shape index (κ3) is 4.54. The van der Waals surface area contributed by atoms with Crippen LogP contribution in [-0.2, 0) is 9.88 Å². The first-order valence-corrected chi connectivity index (χ1v) is 9.56. The minimum Gasteiger partial charge on any atom is -0.235 e. The van der Waals surface area contributed by atoms with Crippen LogP contribution in [0.1, 0.15) is 5.56 Å². The molecule has 0 aliphatic heterocycles. The highest BCUT2D eigenvalue weighted by Gasteiger charge is 2.03. The Balaban J connectivity index is 1.49. The zero-order chi connectivity index (χ0) is 20.1. The van der Waals surface area contributed by atoms with E-state index in [9.17, 15) is 0 Å². The van der Waals surface area contributed by atoms with Crippen molar-refractivity contribution in [3.63, 3.8) is 0 Å². The molecule has 0 saturated carbocycles. The highest BCUT2D eigenvalue weighted by Crippen LogP contribution is 2.28. The van der Waals surface area contributed by atoms with Gasteiger partial charge in [0, 0.05) is 0 Å². The van der Waals surface area contributed by atoms with Gasteiger partial charge in [0.25, 0.3) is 0 Å². The number of anilines is 1. The van der Waals surface area contributed by atoms with E-state index in [1.54, 1.807) is 0 Å². The minimum absolute atomic E-state index is 0.834. The predicted molar refractivity (Wildman–Crippen MR) is 119 cm³/mol. The van der Waals surface area contributed by atoms with Crippen LogP contribution in [0.15, 0.2) is 97.1 Å². The second kappa shape index (κ2) is 8.74. The lowest BCUT2D eigenvalue weighted by Crippen LogP contribution is -1.98. The van der Waals surface area contributed by atoms with Crippen molar-refractivity contribution in [1.29, 1.82) is 0 Å². The van der Waals surface area contributed by atoms with Crippen molar-refractivity contribution in [2.24, 2.45) is 0 Å². The molecule has 144 valence electrons. The molecular formula is C26H23NO2. The van der Waals surface area contributed by atoms with Crippen LogP contribution in [0.3, 0.4) is 0 Å². The van der Waals surface area contributed by atoms with Gasteiger partial charge in [-0.1, -0.05) is 90.5 Å². The Hall–Kier alpha value is -3.40. The molecule has 0 saturated heterocycles. The molecule has 29 heavy (non-hydrogen) atoms. The molecule has 0 aliphatic rings. The molecule has 0 unspecified atom stereocenters. The molecule has 0 spiro atoms. The van der Waals surface area contributed by atoms with Gasteiger partial charge in [-0.05, 0) is 52.4 Å². The summed E-state index contributed by atoms with van der Waals surface area (Å²) in [4.78, 5) is 9.26. The van der Waals surface area contributed by atoms with Crippen LogP contribution in [-0.4, -0.2) is 7.11 Å². The lowest BCUT2D eigenvalue weighted by molar-refractivity contribution is -0.248. The number of nitrogens with one attached hydrogen (secondary N) is 1. The Kier molecular flexibility index (Phi) is 5.71. The number of aryl methyl sites for hydroxylation is 1. The van der Waals surface area contributed by atoms with Crippen LogP contribution in [0.5, 0.6) is 0 Å². The molecule has 4 aromatic carbocycles. The summed E-state index contributed by atoms with van der Waals surface area (Å²) in [6.07, 6.45) is 0. The SMILES string of the molecule is COONc1ccc(-c2ccc(-c3ccc(-c4ccc(C)cc4)cc3)cc2)cc1. The first-order valence-electron chi connectivity index (χ1n) is 9.56. The molecule has 3 heteroatoms. The van der Waals surface area contributed by atoms with Gasteiger partial charge in [-0.2, -0.15) is 0 Å². The van der Waals surface area contributed by atoms with Gasteiger partial charge < -0.3 is 0 Å². The number of hydrogen-bond acceptors (Lipinski definition) is 3. The van der Waals surface area contributed by atoms with Gasteiger partial charge in [-0.3, -0.25) is 0 Å². The lowest BCUT2D eigenvalue weighted by Gasteiger charge is -2.08. The van der Waals surface area contributed by atoms with E-state index >= 15 is 0 Å². The monoisotopic (exact) mass is 381 g/mol.